The molecule has 6 nitrogen and oxygen atoms in total. The van der Waals surface area contributed by atoms with E-state index in [1.54, 1.807) is 36.4 Å². The molecule has 0 saturated heterocycles. The molecule has 0 unspecified atom stereocenters. The molecule has 0 fully saturated rings. The van der Waals surface area contributed by atoms with Crippen molar-refractivity contribution in [3.63, 3.8) is 0 Å². The lowest BCUT2D eigenvalue weighted by molar-refractivity contribution is -0.154. The Morgan fingerprint density at radius 3 is 1.70 bits per heavy atom. The molecule has 220 valence electrons. The molecule has 1 amide bonds. The lowest BCUT2D eigenvalue weighted by Gasteiger charge is -2.19. The first kappa shape index (κ1) is 36.4. The number of carboxylic acid groups (broad SMARTS) is 1. The van der Waals surface area contributed by atoms with E-state index in [9.17, 15) is 14.4 Å². The lowest BCUT2D eigenvalue weighted by Crippen LogP contribution is -2.29. The summed E-state index contributed by atoms with van der Waals surface area (Å²) in [6.07, 6.45) is 0.174. The first-order valence-corrected chi connectivity index (χ1v) is 13.7. The molecule has 0 spiro atoms. The van der Waals surface area contributed by atoms with E-state index in [1.807, 2.05) is 46.8 Å². The summed E-state index contributed by atoms with van der Waals surface area (Å²) >= 11 is 0. The average Bonchev–Trinajstić information content (AvgIpc) is 2.81. The molecule has 0 bridgehead atoms. The second-order valence-electron chi connectivity index (χ2n) is 12.7. The summed E-state index contributed by atoms with van der Waals surface area (Å²) in [6, 6.07) is 14.1. The maximum atomic E-state index is 11.9. The molecular weight excluding hydrogens is 502 g/mol. The van der Waals surface area contributed by atoms with Crippen molar-refractivity contribution in [1.82, 2.24) is 5.32 Å². The van der Waals surface area contributed by atoms with Gasteiger partial charge >= 0.3 is 11.9 Å². The number of benzene rings is 2. The topological polar surface area (TPSA) is 92.7 Å². The summed E-state index contributed by atoms with van der Waals surface area (Å²) in [6.45, 7) is 22.7. The molecule has 6 heteroatoms. The normalized spacial score (nSPS) is 10.7. The fraction of sp³-hybridized carbons (Fsp3) is 0.500. The molecule has 0 aliphatic carbocycles. The molecule has 2 aromatic rings. The largest absolute Gasteiger partial charge is 0.478 e. The van der Waals surface area contributed by atoms with Crippen molar-refractivity contribution >= 4 is 17.8 Å². The number of nitrogens with one attached hydrogen (secondary N) is 1. The second kappa shape index (κ2) is 17.2. The standard InChI is InChI=1S/C17H25NO3.C12H12O2.C5H12/c1-12(2)13-6-8-14(9-7-13)16(20)18-11-10-15(19)21-17(3,4)5;1-9(2)3-4-10-5-7-11(8-6-10)12(13)14;1-5(2,3)4/h6-9,12H,10-11H2,1-5H3,(H,18,20);5-9H,1-2H3,(H,13,14);1-4H3. The van der Waals surface area contributed by atoms with E-state index in [1.165, 1.54) is 5.56 Å². The van der Waals surface area contributed by atoms with Crippen molar-refractivity contribution in [2.24, 2.45) is 11.3 Å². The summed E-state index contributed by atoms with van der Waals surface area (Å²) in [5, 5.41) is 11.4. The first-order chi connectivity index (χ1) is 18.3. The van der Waals surface area contributed by atoms with E-state index in [2.05, 4.69) is 58.7 Å². The zero-order chi connectivity index (χ0) is 31.1. The third-order valence-electron chi connectivity index (χ3n) is 4.51. The Hall–Kier alpha value is -3.59. The number of carbonyl (C=O) groups excluding carboxylic acids is 2. The number of rotatable bonds is 6. The average molecular weight is 552 g/mol. The van der Waals surface area contributed by atoms with Gasteiger partial charge < -0.3 is 15.2 Å². The van der Waals surface area contributed by atoms with Crippen molar-refractivity contribution in [2.45, 2.75) is 94.1 Å². The van der Waals surface area contributed by atoms with Crippen LogP contribution in [0, 0.1) is 23.2 Å². The molecule has 2 aromatic carbocycles. The number of carboxylic acids is 1. The van der Waals surface area contributed by atoms with E-state index in [4.69, 9.17) is 9.84 Å². The van der Waals surface area contributed by atoms with Gasteiger partial charge in [-0.3, -0.25) is 9.59 Å². The van der Waals surface area contributed by atoms with Crippen LogP contribution in [0.1, 0.15) is 120 Å². The van der Waals surface area contributed by atoms with Crippen LogP contribution in [0.4, 0.5) is 0 Å². The zero-order valence-corrected chi connectivity index (χ0v) is 26.3. The van der Waals surface area contributed by atoms with Crippen LogP contribution in [-0.4, -0.2) is 35.1 Å². The molecule has 0 atom stereocenters. The second-order valence-corrected chi connectivity index (χ2v) is 12.7. The van der Waals surface area contributed by atoms with Gasteiger partial charge in [0.15, 0.2) is 0 Å². The maximum absolute atomic E-state index is 11.9. The van der Waals surface area contributed by atoms with Gasteiger partial charge in [0.2, 0.25) is 0 Å². The van der Waals surface area contributed by atoms with Crippen LogP contribution in [0.25, 0.3) is 0 Å². The van der Waals surface area contributed by atoms with Crippen LogP contribution >= 0.6 is 0 Å². The zero-order valence-electron chi connectivity index (χ0n) is 26.3. The number of ether oxygens (including phenoxy) is 1. The minimum atomic E-state index is -0.909. The molecule has 0 aromatic heterocycles. The number of aromatic carboxylic acids is 1. The maximum Gasteiger partial charge on any atom is 0.335 e. The van der Waals surface area contributed by atoms with Crippen LogP contribution in [0.2, 0.25) is 0 Å². The highest BCUT2D eigenvalue weighted by Gasteiger charge is 2.16. The predicted molar refractivity (Wildman–Crippen MR) is 164 cm³/mol. The molecule has 0 aliphatic heterocycles. The third kappa shape index (κ3) is 19.5. The Bertz CT molecular complexity index is 1110. The summed E-state index contributed by atoms with van der Waals surface area (Å²) in [5.74, 6) is 5.36. The number of hydrogen-bond acceptors (Lipinski definition) is 4. The van der Waals surface area contributed by atoms with Crippen molar-refractivity contribution in [1.29, 1.82) is 0 Å². The van der Waals surface area contributed by atoms with Gasteiger partial charge in [-0.2, -0.15) is 0 Å². The van der Waals surface area contributed by atoms with Crippen LogP contribution in [0.15, 0.2) is 48.5 Å². The summed E-state index contributed by atoms with van der Waals surface area (Å²) in [5.41, 5.74) is 2.95. The highest BCUT2D eigenvalue weighted by atomic mass is 16.6. The van der Waals surface area contributed by atoms with E-state index < -0.39 is 11.6 Å². The van der Waals surface area contributed by atoms with Gasteiger partial charge in [0.25, 0.3) is 5.91 Å². The smallest absolute Gasteiger partial charge is 0.335 e. The fourth-order valence-electron chi connectivity index (χ4n) is 2.72. The number of carbonyl (C=O) groups is 3. The Morgan fingerprint density at radius 2 is 1.30 bits per heavy atom. The van der Waals surface area contributed by atoms with E-state index in [0.29, 0.717) is 28.4 Å². The van der Waals surface area contributed by atoms with E-state index >= 15 is 0 Å². The Balaban J connectivity index is 0.000000686. The number of amides is 1. The third-order valence-corrected chi connectivity index (χ3v) is 4.51. The van der Waals surface area contributed by atoms with Crippen LogP contribution in [-0.2, 0) is 9.53 Å². The Morgan fingerprint density at radius 1 is 0.825 bits per heavy atom. The SMILES string of the molecule is CC(C)(C)C.CC(C)C#Cc1ccc(C(=O)O)cc1.CC(C)c1ccc(C(=O)NCCC(=O)OC(C)(C)C)cc1. The summed E-state index contributed by atoms with van der Waals surface area (Å²) in [7, 11) is 0. The highest BCUT2D eigenvalue weighted by Crippen LogP contribution is 2.14. The molecule has 0 saturated carbocycles. The minimum Gasteiger partial charge on any atom is -0.478 e. The Kier molecular flexibility index (Phi) is 15.6. The monoisotopic (exact) mass is 551 g/mol. The van der Waals surface area contributed by atoms with Gasteiger partial charge in [0, 0.05) is 23.6 Å². The van der Waals surface area contributed by atoms with Crippen LogP contribution in [0.5, 0.6) is 0 Å². The molecule has 40 heavy (non-hydrogen) atoms. The van der Waals surface area contributed by atoms with Gasteiger partial charge in [0.1, 0.15) is 5.60 Å². The Labute approximate surface area is 241 Å². The van der Waals surface area contributed by atoms with Crippen LogP contribution < -0.4 is 5.32 Å². The summed E-state index contributed by atoms with van der Waals surface area (Å²) in [4.78, 5) is 34.0. The first-order valence-electron chi connectivity index (χ1n) is 13.7. The number of hydrogen-bond donors (Lipinski definition) is 2. The number of esters is 1. The van der Waals surface area contributed by atoms with E-state index in [-0.39, 0.29) is 24.8 Å². The highest BCUT2D eigenvalue weighted by molar-refractivity contribution is 5.94. The van der Waals surface area contributed by atoms with Gasteiger partial charge in [0.05, 0.1) is 12.0 Å². The molecule has 0 aliphatic rings. The van der Waals surface area contributed by atoms with Crippen LogP contribution in [0.3, 0.4) is 0 Å². The van der Waals surface area contributed by atoms with Gasteiger partial charge in [-0.05, 0) is 74.1 Å². The van der Waals surface area contributed by atoms with Crippen molar-refractivity contribution < 1.29 is 24.2 Å². The molecule has 2 rings (SSSR count). The molecule has 2 N–H and O–H groups in total. The van der Waals surface area contributed by atoms with Gasteiger partial charge in [-0.25, -0.2) is 4.79 Å². The lowest BCUT2D eigenvalue weighted by atomic mass is 10.0. The van der Waals surface area contributed by atoms with Crippen molar-refractivity contribution in [2.75, 3.05) is 6.54 Å². The van der Waals surface area contributed by atoms with Crippen molar-refractivity contribution in [3.8, 4) is 11.8 Å². The van der Waals surface area contributed by atoms with E-state index in [0.717, 1.165) is 5.56 Å². The van der Waals surface area contributed by atoms with Gasteiger partial charge in [-0.15, -0.1) is 0 Å². The molecular formula is C34H49NO5. The van der Waals surface area contributed by atoms with Crippen molar-refractivity contribution in [3.05, 3.63) is 70.8 Å². The fourth-order valence-corrected chi connectivity index (χ4v) is 2.72. The minimum absolute atomic E-state index is 0.172. The molecule has 0 radical (unpaired) electrons. The summed E-state index contributed by atoms with van der Waals surface area (Å²) < 4.78 is 5.18. The van der Waals surface area contributed by atoms with Gasteiger partial charge in [-0.1, -0.05) is 79.4 Å². The quantitative estimate of drug-likeness (QED) is 0.283. The molecule has 0 heterocycles. The predicted octanol–water partition coefficient (Wildman–Crippen LogP) is 7.72.